The van der Waals surface area contributed by atoms with E-state index in [-0.39, 0.29) is 30.1 Å². The van der Waals surface area contributed by atoms with Crippen molar-refractivity contribution in [1.29, 1.82) is 0 Å². The van der Waals surface area contributed by atoms with E-state index in [0.717, 1.165) is 25.9 Å². The van der Waals surface area contributed by atoms with Gasteiger partial charge in [0.05, 0.1) is 4.92 Å². The number of rotatable bonds is 5. The number of benzene rings is 1. The number of carbonyl (C=O) groups excluding carboxylic acids is 2. The number of aryl methyl sites for hydroxylation is 1. The van der Waals surface area contributed by atoms with Crippen LogP contribution < -0.4 is 5.32 Å². The molecule has 1 aromatic carbocycles. The van der Waals surface area contributed by atoms with Gasteiger partial charge in [-0.05, 0) is 25.8 Å². The minimum atomic E-state index is -0.556. The number of para-hydroxylation sites is 1. The zero-order chi connectivity index (χ0) is 16.1. The molecule has 0 aliphatic carbocycles. The van der Waals surface area contributed by atoms with Crippen LogP contribution in [0.3, 0.4) is 0 Å². The summed E-state index contributed by atoms with van der Waals surface area (Å²) in [5.74, 6) is -0.513. The molecule has 1 aromatic rings. The van der Waals surface area contributed by atoms with Gasteiger partial charge in [-0.3, -0.25) is 19.7 Å². The lowest BCUT2D eigenvalue weighted by Gasteiger charge is -2.15. The van der Waals surface area contributed by atoms with E-state index in [1.54, 1.807) is 24.0 Å². The topological polar surface area (TPSA) is 92.6 Å². The predicted molar refractivity (Wildman–Crippen MR) is 80.6 cm³/mol. The lowest BCUT2D eigenvalue weighted by atomic mass is 10.1. The van der Waals surface area contributed by atoms with Crippen molar-refractivity contribution in [2.75, 3.05) is 19.6 Å². The van der Waals surface area contributed by atoms with Gasteiger partial charge in [-0.1, -0.05) is 12.1 Å². The van der Waals surface area contributed by atoms with Gasteiger partial charge in [-0.2, -0.15) is 0 Å². The highest BCUT2D eigenvalue weighted by Crippen LogP contribution is 2.22. The molecule has 1 fully saturated rings. The minimum Gasteiger partial charge on any atom is -0.351 e. The molecule has 7 nitrogen and oxygen atoms in total. The van der Waals surface area contributed by atoms with Gasteiger partial charge in [0.1, 0.15) is 5.56 Å². The lowest BCUT2D eigenvalue weighted by molar-refractivity contribution is -0.385. The minimum absolute atomic E-state index is 0.0107. The van der Waals surface area contributed by atoms with Gasteiger partial charge < -0.3 is 10.2 Å². The van der Waals surface area contributed by atoms with E-state index in [1.165, 1.54) is 6.07 Å². The Bertz CT molecular complexity index is 594. The highest BCUT2D eigenvalue weighted by atomic mass is 16.6. The van der Waals surface area contributed by atoms with Crippen LogP contribution in [0.1, 0.15) is 35.2 Å². The van der Waals surface area contributed by atoms with Crippen LogP contribution in [0.15, 0.2) is 18.2 Å². The van der Waals surface area contributed by atoms with E-state index < -0.39 is 10.8 Å². The van der Waals surface area contributed by atoms with Gasteiger partial charge in [0.2, 0.25) is 5.91 Å². The molecule has 1 heterocycles. The molecule has 7 heteroatoms. The van der Waals surface area contributed by atoms with Crippen molar-refractivity contribution in [2.45, 2.75) is 26.2 Å². The zero-order valence-electron chi connectivity index (χ0n) is 12.5. The number of nitro groups is 1. The largest absolute Gasteiger partial charge is 0.351 e. The average molecular weight is 305 g/mol. The SMILES string of the molecule is Cc1cccc(C(=O)NCCC(=O)N2CCCC2)c1[N+](=O)[O-]. The van der Waals surface area contributed by atoms with Crippen molar-refractivity contribution in [2.24, 2.45) is 0 Å². The highest BCUT2D eigenvalue weighted by molar-refractivity contribution is 5.98. The van der Waals surface area contributed by atoms with Gasteiger partial charge in [-0.15, -0.1) is 0 Å². The molecule has 0 aromatic heterocycles. The number of nitro benzene ring substituents is 1. The summed E-state index contributed by atoms with van der Waals surface area (Å²) in [7, 11) is 0. The fraction of sp³-hybridized carbons (Fsp3) is 0.467. The first kappa shape index (κ1) is 15.9. The maximum absolute atomic E-state index is 12.1. The molecule has 1 aliphatic rings. The number of hydrogen-bond acceptors (Lipinski definition) is 4. The number of nitrogens with zero attached hydrogens (tertiary/aromatic N) is 2. The molecule has 0 spiro atoms. The summed E-state index contributed by atoms with van der Waals surface area (Å²) in [5, 5.41) is 13.7. The Hall–Kier alpha value is -2.44. The van der Waals surface area contributed by atoms with Gasteiger partial charge >= 0.3 is 0 Å². The molecule has 2 amide bonds. The number of amides is 2. The Morgan fingerprint density at radius 2 is 2.00 bits per heavy atom. The fourth-order valence-electron chi connectivity index (χ4n) is 2.59. The summed E-state index contributed by atoms with van der Waals surface area (Å²) in [6, 6.07) is 4.61. The summed E-state index contributed by atoms with van der Waals surface area (Å²) >= 11 is 0. The molecular weight excluding hydrogens is 286 g/mol. The van der Waals surface area contributed by atoms with Crippen molar-refractivity contribution in [3.05, 3.63) is 39.4 Å². The average Bonchev–Trinajstić information content (AvgIpc) is 3.00. The third kappa shape index (κ3) is 3.60. The van der Waals surface area contributed by atoms with Crippen molar-refractivity contribution in [3.63, 3.8) is 0 Å². The maximum Gasteiger partial charge on any atom is 0.285 e. The van der Waals surface area contributed by atoms with E-state index in [0.29, 0.717) is 5.56 Å². The molecule has 0 atom stereocenters. The molecule has 0 unspecified atom stereocenters. The molecule has 118 valence electrons. The van der Waals surface area contributed by atoms with Crippen LogP contribution in [-0.4, -0.2) is 41.3 Å². The van der Waals surface area contributed by atoms with Crippen LogP contribution in [0.25, 0.3) is 0 Å². The van der Waals surface area contributed by atoms with Crippen LogP contribution in [0.2, 0.25) is 0 Å². The van der Waals surface area contributed by atoms with Crippen LogP contribution >= 0.6 is 0 Å². The second-order valence-corrected chi connectivity index (χ2v) is 5.32. The molecule has 0 bridgehead atoms. The Labute approximate surface area is 128 Å². The summed E-state index contributed by atoms with van der Waals surface area (Å²) in [5.41, 5.74) is 0.273. The Morgan fingerprint density at radius 1 is 1.32 bits per heavy atom. The van der Waals surface area contributed by atoms with Crippen LogP contribution in [-0.2, 0) is 4.79 Å². The maximum atomic E-state index is 12.1. The zero-order valence-corrected chi connectivity index (χ0v) is 12.5. The smallest absolute Gasteiger partial charge is 0.285 e. The molecular formula is C15H19N3O4. The summed E-state index contributed by atoms with van der Waals surface area (Å²) in [4.78, 5) is 36.2. The lowest BCUT2D eigenvalue weighted by Crippen LogP contribution is -2.32. The van der Waals surface area contributed by atoms with E-state index in [2.05, 4.69) is 5.32 Å². The molecule has 1 saturated heterocycles. The molecule has 2 rings (SSSR count). The van der Waals surface area contributed by atoms with Crippen LogP contribution in [0.4, 0.5) is 5.69 Å². The first-order chi connectivity index (χ1) is 10.5. The first-order valence-electron chi connectivity index (χ1n) is 7.30. The van der Waals surface area contributed by atoms with Gasteiger partial charge in [-0.25, -0.2) is 0 Å². The Morgan fingerprint density at radius 3 is 2.64 bits per heavy atom. The van der Waals surface area contributed by atoms with Crippen LogP contribution in [0, 0.1) is 17.0 Å². The van der Waals surface area contributed by atoms with Crippen molar-refractivity contribution in [3.8, 4) is 0 Å². The summed E-state index contributed by atoms with van der Waals surface area (Å²) < 4.78 is 0. The van der Waals surface area contributed by atoms with E-state index >= 15 is 0 Å². The summed E-state index contributed by atoms with van der Waals surface area (Å²) in [6.45, 7) is 3.32. The second kappa shape index (κ2) is 7.02. The van der Waals surface area contributed by atoms with Crippen molar-refractivity contribution >= 4 is 17.5 Å². The Balaban J connectivity index is 1.94. The van der Waals surface area contributed by atoms with E-state index in [1.807, 2.05) is 0 Å². The predicted octanol–water partition coefficient (Wildman–Crippen LogP) is 1.65. The van der Waals surface area contributed by atoms with Crippen LogP contribution in [0.5, 0.6) is 0 Å². The van der Waals surface area contributed by atoms with Gasteiger partial charge in [0, 0.05) is 31.6 Å². The molecule has 22 heavy (non-hydrogen) atoms. The van der Waals surface area contributed by atoms with Crippen molar-refractivity contribution in [1.82, 2.24) is 10.2 Å². The van der Waals surface area contributed by atoms with Gasteiger partial charge in [0.25, 0.3) is 11.6 Å². The van der Waals surface area contributed by atoms with Crippen molar-refractivity contribution < 1.29 is 14.5 Å². The molecule has 0 radical (unpaired) electrons. The fourth-order valence-corrected chi connectivity index (χ4v) is 2.59. The molecule has 1 N–H and O–H groups in total. The highest BCUT2D eigenvalue weighted by Gasteiger charge is 2.23. The quantitative estimate of drug-likeness (QED) is 0.661. The second-order valence-electron chi connectivity index (χ2n) is 5.32. The standard InChI is InChI=1S/C15H19N3O4/c1-11-5-4-6-12(14(11)18(21)22)15(20)16-8-7-13(19)17-9-2-3-10-17/h4-6H,2-3,7-10H2,1H3,(H,16,20). The van der Waals surface area contributed by atoms with Gasteiger partial charge in [0.15, 0.2) is 0 Å². The Kier molecular flexibility index (Phi) is 5.08. The van der Waals surface area contributed by atoms with E-state index in [4.69, 9.17) is 0 Å². The third-order valence-corrected chi connectivity index (χ3v) is 3.75. The molecule has 1 aliphatic heterocycles. The number of likely N-dealkylation sites (tertiary alicyclic amines) is 1. The first-order valence-corrected chi connectivity index (χ1v) is 7.30. The number of carbonyl (C=O) groups is 2. The number of nitrogens with one attached hydrogen (secondary N) is 1. The monoisotopic (exact) mass is 305 g/mol. The molecule has 0 saturated carbocycles. The summed E-state index contributed by atoms with van der Waals surface area (Å²) in [6.07, 6.45) is 2.26. The third-order valence-electron chi connectivity index (χ3n) is 3.75. The van der Waals surface area contributed by atoms with E-state index in [9.17, 15) is 19.7 Å². The number of hydrogen-bond donors (Lipinski definition) is 1. The normalized spacial score (nSPS) is 14.0.